The number of nitrogens with one attached hydrogen (secondary N) is 2. The molecule has 6 heteroatoms. The maximum atomic E-state index is 12.5. The largest absolute Gasteiger partial charge is 0.316 e. The molecule has 0 aromatic heterocycles. The fourth-order valence-corrected chi connectivity index (χ4v) is 5.13. The first-order chi connectivity index (χ1) is 9.54. The van der Waals surface area contributed by atoms with Gasteiger partial charge in [-0.3, -0.25) is 0 Å². The first-order valence-corrected chi connectivity index (χ1v) is 9.51. The third-order valence-corrected chi connectivity index (χ3v) is 6.31. The van der Waals surface area contributed by atoms with E-state index < -0.39 is 10.0 Å². The summed E-state index contributed by atoms with van der Waals surface area (Å²) >= 11 is 1.89. The zero-order valence-electron chi connectivity index (χ0n) is 12.0. The van der Waals surface area contributed by atoms with Crippen LogP contribution in [-0.2, 0) is 16.6 Å². The molecule has 1 heterocycles. The van der Waals surface area contributed by atoms with Gasteiger partial charge in [0.25, 0.3) is 0 Å². The molecule has 0 unspecified atom stereocenters. The summed E-state index contributed by atoms with van der Waals surface area (Å²) in [7, 11) is -1.56. The van der Waals surface area contributed by atoms with E-state index in [4.69, 9.17) is 0 Å². The Morgan fingerprint density at radius 3 is 2.65 bits per heavy atom. The van der Waals surface area contributed by atoms with Crippen LogP contribution in [0, 0.1) is 6.92 Å². The number of thioether (sulfide) groups is 1. The van der Waals surface area contributed by atoms with E-state index in [1.165, 1.54) is 0 Å². The van der Waals surface area contributed by atoms with E-state index in [9.17, 15) is 8.42 Å². The lowest BCUT2D eigenvalue weighted by Crippen LogP contribution is -2.37. The number of hydrogen-bond acceptors (Lipinski definition) is 4. The van der Waals surface area contributed by atoms with E-state index in [0.29, 0.717) is 11.4 Å². The summed E-state index contributed by atoms with van der Waals surface area (Å²) in [5.41, 5.74) is 1.86. The van der Waals surface area contributed by atoms with Gasteiger partial charge < -0.3 is 5.32 Å². The van der Waals surface area contributed by atoms with E-state index in [0.717, 1.165) is 35.5 Å². The van der Waals surface area contributed by atoms with Crippen LogP contribution in [0.3, 0.4) is 0 Å². The molecular weight excluding hydrogens is 292 g/mol. The molecule has 0 saturated carbocycles. The van der Waals surface area contributed by atoms with Gasteiger partial charge in [0.05, 0.1) is 4.90 Å². The normalized spacial score (nSPS) is 17.3. The highest BCUT2D eigenvalue weighted by molar-refractivity contribution is 7.99. The molecule has 0 amide bonds. The van der Waals surface area contributed by atoms with Crippen LogP contribution >= 0.6 is 11.8 Å². The van der Waals surface area contributed by atoms with Crippen LogP contribution in [0.5, 0.6) is 0 Å². The second-order valence-electron chi connectivity index (χ2n) is 5.08. The highest BCUT2D eigenvalue weighted by Crippen LogP contribution is 2.22. The van der Waals surface area contributed by atoms with Crippen LogP contribution in [-0.4, -0.2) is 33.0 Å². The second-order valence-corrected chi connectivity index (χ2v) is 7.99. The lowest BCUT2D eigenvalue weighted by Gasteiger charge is -2.23. The average molecular weight is 314 g/mol. The quantitative estimate of drug-likeness (QED) is 0.871. The summed E-state index contributed by atoms with van der Waals surface area (Å²) in [4.78, 5) is 0.406. The Balaban J connectivity index is 2.22. The summed E-state index contributed by atoms with van der Waals surface area (Å²) in [6, 6.07) is 5.54. The third kappa shape index (κ3) is 3.75. The van der Waals surface area contributed by atoms with Crippen LogP contribution in [0.1, 0.15) is 24.0 Å². The predicted molar refractivity (Wildman–Crippen MR) is 84.6 cm³/mol. The van der Waals surface area contributed by atoms with Crippen LogP contribution in [0.2, 0.25) is 0 Å². The smallest absolute Gasteiger partial charge is 0.241 e. The van der Waals surface area contributed by atoms with Crippen molar-refractivity contribution in [1.82, 2.24) is 10.0 Å². The SMILES string of the molecule is CNCc1cccc(S(=O)(=O)NC2CCSCC2)c1C. The van der Waals surface area contributed by atoms with E-state index in [1.54, 1.807) is 6.07 Å². The number of rotatable bonds is 5. The second kappa shape index (κ2) is 6.93. The maximum absolute atomic E-state index is 12.5. The highest BCUT2D eigenvalue weighted by atomic mass is 32.2. The summed E-state index contributed by atoms with van der Waals surface area (Å²) in [6.45, 7) is 2.55. The van der Waals surface area contributed by atoms with Gasteiger partial charge in [0, 0.05) is 12.6 Å². The van der Waals surface area contributed by atoms with Gasteiger partial charge in [-0.2, -0.15) is 11.8 Å². The topological polar surface area (TPSA) is 58.2 Å². The molecule has 0 bridgehead atoms. The van der Waals surface area contributed by atoms with Crippen LogP contribution in [0.15, 0.2) is 23.1 Å². The molecule has 1 aromatic carbocycles. The number of sulfonamides is 1. The van der Waals surface area contributed by atoms with Crippen molar-refractivity contribution in [3.05, 3.63) is 29.3 Å². The molecule has 0 aliphatic carbocycles. The van der Waals surface area contributed by atoms with Gasteiger partial charge in [-0.15, -0.1) is 0 Å². The molecule has 1 aromatic rings. The fourth-order valence-electron chi connectivity index (χ4n) is 2.43. The van der Waals surface area contributed by atoms with Crippen molar-refractivity contribution in [3.63, 3.8) is 0 Å². The summed E-state index contributed by atoms with van der Waals surface area (Å²) in [5, 5.41) is 3.07. The van der Waals surface area contributed by atoms with Gasteiger partial charge in [0.15, 0.2) is 0 Å². The summed E-state index contributed by atoms with van der Waals surface area (Å²) in [6.07, 6.45) is 1.83. The Labute approximate surface area is 125 Å². The van der Waals surface area contributed by atoms with Crippen LogP contribution in [0.4, 0.5) is 0 Å². The summed E-state index contributed by atoms with van der Waals surface area (Å²) < 4.78 is 27.9. The van der Waals surface area contributed by atoms with Gasteiger partial charge in [-0.05, 0) is 55.5 Å². The Bertz CT molecular complexity index is 552. The molecule has 2 N–H and O–H groups in total. The van der Waals surface area contributed by atoms with Crippen molar-refractivity contribution in [2.24, 2.45) is 0 Å². The Morgan fingerprint density at radius 2 is 2.00 bits per heavy atom. The van der Waals surface area contributed by atoms with E-state index in [2.05, 4.69) is 10.0 Å². The molecule has 1 fully saturated rings. The van der Waals surface area contributed by atoms with Gasteiger partial charge >= 0.3 is 0 Å². The van der Waals surface area contributed by atoms with E-state index in [-0.39, 0.29) is 6.04 Å². The van der Waals surface area contributed by atoms with E-state index in [1.807, 2.05) is 37.9 Å². The van der Waals surface area contributed by atoms with Crippen molar-refractivity contribution in [1.29, 1.82) is 0 Å². The van der Waals surface area contributed by atoms with Crippen molar-refractivity contribution < 1.29 is 8.42 Å². The highest BCUT2D eigenvalue weighted by Gasteiger charge is 2.23. The maximum Gasteiger partial charge on any atom is 0.241 e. The molecule has 112 valence electrons. The molecule has 1 aliphatic rings. The minimum Gasteiger partial charge on any atom is -0.316 e. The van der Waals surface area contributed by atoms with Gasteiger partial charge in [-0.25, -0.2) is 13.1 Å². The zero-order chi connectivity index (χ0) is 14.6. The first kappa shape index (κ1) is 15.8. The monoisotopic (exact) mass is 314 g/mol. The molecular formula is C14H22N2O2S2. The van der Waals surface area contributed by atoms with E-state index >= 15 is 0 Å². The molecule has 20 heavy (non-hydrogen) atoms. The standard InChI is InChI=1S/C14H22N2O2S2/c1-11-12(10-15-2)4-3-5-14(11)20(17,18)16-13-6-8-19-9-7-13/h3-5,13,15-16H,6-10H2,1-2H3. The van der Waals surface area contributed by atoms with Crippen LogP contribution in [0.25, 0.3) is 0 Å². The molecule has 4 nitrogen and oxygen atoms in total. The van der Waals surface area contributed by atoms with Crippen molar-refractivity contribution in [2.75, 3.05) is 18.6 Å². The molecule has 0 radical (unpaired) electrons. The minimum absolute atomic E-state index is 0.0774. The van der Waals surface area contributed by atoms with Gasteiger partial charge in [-0.1, -0.05) is 12.1 Å². The summed E-state index contributed by atoms with van der Waals surface area (Å²) in [5.74, 6) is 2.07. The Kier molecular flexibility index (Phi) is 5.49. The molecule has 1 saturated heterocycles. The van der Waals surface area contributed by atoms with Crippen molar-refractivity contribution in [3.8, 4) is 0 Å². The van der Waals surface area contributed by atoms with Gasteiger partial charge in [0.1, 0.15) is 0 Å². The zero-order valence-corrected chi connectivity index (χ0v) is 13.6. The third-order valence-electron chi connectivity index (χ3n) is 3.60. The lowest BCUT2D eigenvalue weighted by molar-refractivity contribution is 0.528. The molecule has 0 atom stereocenters. The molecule has 1 aliphatic heterocycles. The number of hydrogen-bond donors (Lipinski definition) is 2. The lowest BCUT2D eigenvalue weighted by atomic mass is 10.1. The first-order valence-electron chi connectivity index (χ1n) is 6.88. The fraction of sp³-hybridized carbons (Fsp3) is 0.571. The average Bonchev–Trinajstić information content (AvgIpc) is 2.42. The Hall–Kier alpha value is -0.560. The van der Waals surface area contributed by atoms with Crippen molar-refractivity contribution >= 4 is 21.8 Å². The minimum atomic E-state index is -3.42. The van der Waals surface area contributed by atoms with Gasteiger partial charge in [0.2, 0.25) is 10.0 Å². The molecule has 0 spiro atoms. The Morgan fingerprint density at radius 1 is 1.30 bits per heavy atom. The number of benzene rings is 1. The van der Waals surface area contributed by atoms with Crippen LogP contribution < -0.4 is 10.0 Å². The van der Waals surface area contributed by atoms with Crippen molar-refractivity contribution in [2.45, 2.75) is 37.2 Å². The predicted octanol–water partition coefficient (Wildman–Crippen LogP) is 1.89. The molecule has 2 rings (SSSR count).